The van der Waals surface area contributed by atoms with Crippen LogP contribution in [0.3, 0.4) is 0 Å². The van der Waals surface area contributed by atoms with Crippen molar-refractivity contribution in [3.63, 3.8) is 0 Å². The number of benzene rings is 1. The highest BCUT2D eigenvalue weighted by Gasteiger charge is 2.40. The van der Waals surface area contributed by atoms with E-state index in [0.717, 1.165) is 35.7 Å². The van der Waals surface area contributed by atoms with Gasteiger partial charge in [0.25, 0.3) is 0 Å². The van der Waals surface area contributed by atoms with Gasteiger partial charge in [-0.25, -0.2) is 0 Å². The van der Waals surface area contributed by atoms with Gasteiger partial charge >= 0.3 is 0 Å². The first kappa shape index (κ1) is 16.9. The summed E-state index contributed by atoms with van der Waals surface area (Å²) in [6, 6.07) is 8.11. The zero-order valence-corrected chi connectivity index (χ0v) is 15.2. The normalized spacial score (nSPS) is 31.9. The number of nitrogens with zero attached hydrogens (tertiary/aromatic N) is 1. The summed E-state index contributed by atoms with van der Waals surface area (Å²) in [5.74, 6) is 0.149. The van der Waals surface area contributed by atoms with Crippen LogP contribution in [0.15, 0.2) is 28.7 Å². The number of ether oxygens (including phenoxy) is 1. The van der Waals surface area contributed by atoms with Gasteiger partial charge in [-0.05, 0) is 37.5 Å². The lowest BCUT2D eigenvalue weighted by Crippen LogP contribution is -2.55. The van der Waals surface area contributed by atoms with Crippen molar-refractivity contribution >= 4 is 21.8 Å². The molecule has 1 saturated heterocycles. The zero-order valence-electron chi connectivity index (χ0n) is 13.6. The molecular formula is C18H25BrN2O2. The molecule has 0 radical (unpaired) electrons. The Hall–Kier alpha value is -0.910. The van der Waals surface area contributed by atoms with Gasteiger partial charge in [0.2, 0.25) is 5.91 Å². The summed E-state index contributed by atoms with van der Waals surface area (Å²) in [7, 11) is 0. The molecule has 4 nitrogen and oxygen atoms in total. The van der Waals surface area contributed by atoms with Gasteiger partial charge in [0.1, 0.15) is 6.10 Å². The number of hydrogen-bond donors (Lipinski definition) is 1. The second kappa shape index (κ2) is 6.91. The summed E-state index contributed by atoms with van der Waals surface area (Å²) in [6.45, 7) is 3.88. The molecule has 2 N–H and O–H groups in total. The lowest BCUT2D eigenvalue weighted by Gasteiger charge is -2.42. The number of halogens is 1. The van der Waals surface area contributed by atoms with Crippen LogP contribution in [0.1, 0.15) is 44.3 Å². The molecule has 2 aliphatic rings. The molecule has 1 saturated carbocycles. The van der Waals surface area contributed by atoms with Crippen LogP contribution >= 0.6 is 15.9 Å². The maximum Gasteiger partial charge on any atom is 0.227 e. The average molecular weight is 381 g/mol. The SMILES string of the molecule is CC1(N)CCCCC1C(=O)N1CCOC(c2cccc(Br)c2)C1. The molecule has 1 aromatic rings. The van der Waals surface area contributed by atoms with E-state index in [1.807, 2.05) is 24.0 Å². The van der Waals surface area contributed by atoms with E-state index in [1.165, 1.54) is 0 Å². The zero-order chi connectivity index (χ0) is 16.4. The number of carbonyl (C=O) groups excluding carboxylic acids is 1. The Morgan fingerprint density at radius 1 is 1.43 bits per heavy atom. The fourth-order valence-electron chi connectivity index (χ4n) is 3.74. The summed E-state index contributed by atoms with van der Waals surface area (Å²) in [4.78, 5) is 14.9. The van der Waals surface area contributed by atoms with Gasteiger partial charge in [-0.15, -0.1) is 0 Å². The number of hydrogen-bond acceptors (Lipinski definition) is 3. The van der Waals surface area contributed by atoms with Crippen molar-refractivity contribution in [2.45, 2.75) is 44.2 Å². The van der Waals surface area contributed by atoms with E-state index in [2.05, 4.69) is 28.1 Å². The lowest BCUT2D eigenvalue weighted by molar-refractivity contribution is -0.146. The Labute approximate surface area is 146 Å². The van der Waals surface area contributed by atoms with Crippen molar-refractivity contribution in [2.75, 3.05) is 19.7 Å². The topological polar surface area (TPSA) is 55.6 Å². The van der Waals surface area contributed by atoms with Crippen molar-refractivity contribution < 1.29 is 9.53 Å². The van der Waals surface area contributed by atoms with Gasteiger partial charge in [0.15, 0.2) is 0 Å². The van der Waals surface area contributed by atoms with Crippen molar-refractivity contribution in [1.82, 2.24) is 4.90 Å². The molecule has 0 bridgehead atoms. The Balaban J connectivity index is 1.72. The maximum atomic E-state index is 13.0. The minimum absolute atomic E-state index is 0.0576. The average Bonchev–Trinajstić information content (AvgIpc) is 2.54. The Morgan fingerprint density at radius 3 is 3.00 bits per heavy atom. The number of rotatable bonds is 2. The minimum Gasteiger partial charge on any atom is -0.370 e. The highest BCUT2D eigenvalue weighted by atomic mass is 79.9. The van der Waals surface area contributed by atoms with Crippen LogP contribution in [-0.4, -0.2) is 36.0 Å². The highest BCUT2D eigenvalue weighted by Crippen LogP contribution is 2.34. The Bertz CT molecular complexity index is 576. The van der Waals surface area contributed by atoms with E-state index in [1.54, 1.807) is 0 Å². The Morgan fingerprint density at radius 2 is 2.26 bits per heavy atom. The largest absolute Gasteiger partial charge is 0.370 e. The third-order valence-corrected chi connectivity index (χ3v) is 5.64. The van der Waals surface area contributed by atoms with Gasteiger partial charge in [-0.2, -0.15) is 0 Å². The first-order valence-corrected chi connectivity index (χ1v) is 9.21. The van der Waals surface area contributed by atoms with E-state index in [-0.39, 0.29) is 23.5 Å². The molecule has 126 valence electrons. The predicted octanol–water partition coefficient (Wildman–Crippen LogP) is 3.26. The molecule has 1 aliphatic heterocycles. The predicted molar refractivity (Wildman–Crippen MR) is 94.0 cm³/mol. The van der Waals surface area contributed by atoms with Crippen LogP contribution in [0.4, 0.5) is 0 Å². The number of carbonyl (C=O) groups is 1. The molecule has 3 atom stereocenters. The molecule has 2 fully saturated rings. The van der Waals surface area contributed by atoms with Crippen LogP contribution in [0, 0.1) is 5.92 Å². The van der Waals surface area contributed by atoms with Crippen LogP contribution < -0.4 is 5.73 Å². The van der Waals surface area contributed by atoms with Gasteiger partial charge in [0, 0.05) is 16.6 Å². The molecule has 1 aromatic carbocycles. The molecule has 23 heavy (non-hydrogen) atoms. The maximum absolute atomic E-state index is 13.0. The molecule has 1 amide bonds. The number of amides is 1. The van der Waals surface area contributed by atoms with Crippen molar-refractivity contribution in [1.29, 1.82) is 0 Å². The van der Waals surface area contributed by atoms with E-state index in [4.69, 9.17) is 10.5 Å². The molecule has 0 aromatic heterocycles. The van der Waals surface area contributed by atoms with Crippen molar-refractivity contribution in [3.05, 3.63) is 34.3 Å². The second-order valence-corrected chi connectivity index (χ2v) is 7.92. The van der Waals surface area contributed by atoms with Crippen molar-refractivity contribution in [2.24, 2.45) is 11.7 Å². The van der Waals surface area contributed by atoms with E-state index in [9.17, 15) is 4.79 Å². The first-order valence-electron chi connectivity index (χ1n) is 8.42. The quantitative estimate of drug-likeness (QED) is 0.856. The Kier molecular flexibility index (Phi) is 5.09. The van der Waals surface area contributed by atoms with Crippen molar-refractivity contribution in [3.8, 4) is 0 Å². The molecule has 0 spiro atoms. The lowest BCUT2D eigenvalue weighted by atomic mass is 9.74. The van der Waals surface area contributed by atoms with Crippen LogP contribution in [0.25, 0.3) is 0 Å². The van der Waals surface area contributed by atoms with Crippen LogP contribution in [0.5, 0.6) is 0 Å². The summed E-state index contributed by atoms with van der Waals surface area (Å²) >= 11 is 3.50. The number of morpholine rings is 1. The molecule has 5 heteroatoms. The van der Waals surface area contributed by atoms with Gasteiger partial charge in [-0.3, -0.25) is 4.79 Å². The van der Waals surface area contributed by atoms with Crippen LogP contribution in [0.2, 0.25) is 0 Å². The summed E-state index contributed by atoms with van der Waals surface area (Å²) in [6.07, 6.45) is 4.01. The third-order valence-electron chi connectivity index (χ3n) is 5.15. The summed E-state index contributed by atoms with van der Waals surface area (Å²) in [5.41, 5.74) is 7.14. The van der Waals surface area contributed by atoms with Gasteiger partial charge in [0.05, 0.1) is 19.1 Å². The van der Waals surface area contributed by atoms with Gasteiger partial charge < -0.3 is 15.4 Å². The minimum atomic E-state index is -0.376. The summed E-state index contributed by atoms with van der Waals surface area (Å²) in [5, 5.41) is 0. The molecular weight excluding hydrogens is 356 g/mol. The third kappa shape index (κ3) is 3.78. The fraction of sp³-hybridized carbons (Fsp3) is 0.611. The van der Waals surface area contributed by atoms with Crippen LogP contribution in [-0.2, 0) is 9.53 Å². The van der Waals surface area contributed by atoms with E-state index in [0.29, 0.717) is 19.7 Å². The fourth-order valence-corrected chi connectivity index (χ4v) is 4.16. The van der Waals surface area contributed by atoms with E-state index < -0.39 is 0 Å². The highest BCUT2D eigenvalue weighted by molar-refractivity contribution is 9.10. The molecule has 1 heterocycles. The summed E-state index contributed by atoms with van der Waals surface area (Å²) < 4.78 is 6.92. The first-order chi connectivity index (χ1) is 11.0. The molecule has 1 aliphatic carbocycles. The second-order valence-electron chi connectivity index (χ2n) is 7.00. The number of nitrogens with two attached hydrogens (primary N) is 1. The smallest absolute Gasteiger partial charge is 0.227 e. The van der Waals surface area contributed by atoms with E-state index >= 15 is 0 Å². The van der Waals surface area contributed by atoms with Gasteiger partial charge in [-0.1, -0.05) is 40.9 Å². The monoisotopic (exact) mass is 380 g/mol. The molecule has 3 rings (SSSR count). The molecule has 3 unspecified atom stereocenters. The standard InChI is InChI=1S/C18H25BrN2O2/c1-18(20)8-3-2-7-15(18)17(22)21-9-10-23-16(12-21)13-5-4-6-14(19)11-13/h4-6,11,15-16H,2-3,7-10,12,20H2,1H3.